The van der Waals surface area contributed by atoms with E-state index in [1.165, 1.54) is 0 Å². The molecule has 0 radical (unpaired) electrons. The summed E-state index contributed by atoms with van der Waals surface area (Å²) in [5.74, 6) is 0.116. The molecule has 2 heterocycles. The van der Waals surface area contributed by atoms with Gasteiger partial charge in [0, 0.05) is 36.4 Å². The fourth-order valence-electron chi connectivity index (χ4n) is 3.49. The molecule has 1 aliphatic rings. The van der Waals surface area contributed by atoms with Crippen LogP contribution in [0.15, 0.2) is 30.3 Å². The van der Waals surface area contributed by atoms with E-state index in [1.54, 1.807) is 0 Å². The molecule has 1 fully saturated rings. The third-order valence-corrected chi connectivity index (χ3v) is 4.45. The normalized spacial score (nSPS) is 21.1. The maximum absolute atomic E-state index is 12.8. The summed E-state index contributed by atoms with van der Waals surface area (Å²) in [6.07, 6.45) is 0. The number of piperazine rings is 1. The van der Waals surface area contributed by atoms with E-state index < -0.39 is 0 Å². The summed E-state index contributed by atoms with van der Waals surface area (Å²) in [6.45, 7) is 10.5. The number of hydrogen-bond acceptors (Lipinski definition) is 3. The molecule has 1 aromatic carbocycles. The van der Waals surface area contributed by atoms with Crippen LogP contribution in [0.2, 0.25) is 0 Å². The van der Waals surface area contributed by atoms with Crippen LogP contribution >= 0.6 is 0 Å². The number of nitrogens with zero attached hydrogens (tertiary/aromatic N) is 3. The van der Waals surface area contributed by atoms with Crippen molar-refractivity contribution in [2.45, 2.75) is 46.3 Å². The van der Waals surface area contributed by atoms with Crippen LogP contribution in [0.1, 0.15) is 41.2 Å². The van der Waals surface area contributed by atoms with Gasteiger partial charge in [0.15, 0.2) is 0 Å². The Morgan fingerprint density at radius 3 is 2.54 bits per heavy atom. The van der Waals surface area contributed by atoms with E-state index in [-0.39, 0.29) is 5.91 Å². The van der Waals surface area contributed by atoms with Crippen molar-refractivity contribution in [2.75, 3.05) is 13.1 Å². The first-order valence-corrected chi connectivity index (χ1v) is 8.57. The molecule has 2 unspecified atom stereocenters. The SMILES string of the molecule is Cc1cc(C)n(Cc2cccc(C(=O)N3CC(C)NC(C)C3)c2)n1. The van der Waals surface area contributed by atoms with E-state index in [2.05, 4.69) is 43.3 Å². The van der Waals surface area contributed by atoms with Crippen molar-refractivity contribution in [3.63, 3.8) is 0 Å². The predicted molar refractivity (Wildman–Crippen MR) is 95.2 cm³/mol. The van der Waals surface area contributed by atoms with Crippen molar-refractivity contribution in [2.24, 2.45) is 0 Å². The van der Waals surface area contributed by atoms with E-state index >= 15 is 0 Å². The van der Waals surface area contributed by atoms with Crippen molar-refractivity contribution < 1.29 is 4.79 Å². The maximum Gasteiger partial charge on any atom is 0.253 e. The predicted octanol–water partition coefficient (Wildman–Crippen LogP) is 2.37. The standard InChI is InChI=1S/C19H26N4O/c1-13-8-16(4)23(21-13)12-17-6-5-7-18(9-17)19(24)22-10-14(2)20-15(3)11-22/h5-9,14-15,20H,10-12H2,1-4H3. The van der Waals surface area contributed by atoms with E-state index in [9.17, 15) is 4.79 Å². The number of rotatable bonds is 3. The Hall–Kier alpha value is -2.14. The summed E-state index contributed by atoms with van der Waals surface area (Å²) in [5, 5.41) is 7.97. The van der Waals surface area contributed by atoms with Gasteiger partial charge in [-0.15, -0.1) is 0 Å². The molecule has 1 amide bonds. The summed E-state index contributed by atoms with van der Waals surface area (Å²) in [4.78, 5) is 14.8. The second-order valence-corrected chi connectivity index (χ2v) is 6.96. The van der Waals surface area contributed by atoms with Crippen LogP contribution in [0.25, 0.3) is 0 Å². The zero-order valence-electron chi connectivity index (χ0n) is 14.9. The molecule has 1 aliphatic heterocycles. The minimum Gasteiger partial charge on any atom is -0.336 e. The first-order valence-electron chi connectivity index (χ1n) is 8.57. The summed E-state index contributed by atoms with van der Waals surface area (Å²) in [6, 6.07) is 10.6. The molecule has 0 aliphatic carbocycles. The molecule has 5 nitrogen and oxygen atoms in total. The monoisotopic (exact) mass is 326 g/mol. The van der Waals surface area contributed by atoms with Gasteiger partial charge in [0.1, 0.15) is 0 Å². The largest absolute Gasteiger partial charge is 0.336 e. The van der Waals surface area contributed by atoms with Crippen molar-refractivity contribution >= 4 is 5.91 Å². The zero-order valence-corrected chi connectivity index (χ0v) is 14.9. The van der Waals surface area contributed by atoms with Crippen LogP contribution in [0.4, 0.5) is 0 Å². The number of carbonyl (C=O) groups excluding carboxylic acids is 1. The number of nitrogens with one attached hydrogen (secondary N) is 1. The van der Waals surface area contributed by atoms with E-state index in [0.29, 0.717) is 18.6 Å². The topological polar surface area (TPSA) is 50.2 Å². The Balaban J connectivity index is 1.77. The van der Waals surface area contributed by atoms with Crippen LogP contribution in [-0.4, -0.2) is 45.8 Å². The highest BCUT2D eigenvalue weighted by Gasteiger charge is 2.25. The number of aryl methyl sites for hydroxylation is 2. The van der Waals surface area contributed by atoms with Crippen LogP contribution in [-0.2, 0) is 6.54 Å². The number of amides is 1. The van der Waals surface area contributed by atoms with Gasteiger partial charge < -0.3 is 10.2 Å². The molecule has 0 bridgehead atoms. The van der Waals surface area contributed by atoms with Crippen molar-refractivity contribution in [1.29, 1.82) is 0 Å². The fourth-order valence-corrected chi connectivity index (χ4v) is 3.49. The summed E-state index contributed by atoms with van der Waals surface area (Å²) >= 11 is 0. The van der Waals surface area contributed by atoms with E-state index in [1.807, 2.05) is 34.7 Å². The molecule has 0 saturated carbocycles. The van der Waals surface area contributed by atoms with Gasteiger partial charge >= 0.3 is 0 Å². The third kappa shape index (κ3) is 3.67. The molecule has 5 heteroatoms. The Kier molecular flexibility index (Phi) is 4.71. The third-order valence-electron chi connectivity index (χ3n) is 4.45. The molecule has 2 aromatic rings. The zero-order chi connectivity index (χ0) is 17.3. The first-order chi connectivity index (χ1) is 11.4. The van der Waals surface area contributed by atoms with E-state index in [4.69, 9.17) is 0 Å². The maximum atomic E-state index is 12.8. The summed E-state index contributed by atoms with van der Waals surface area (Å²) in [7, 11) is 0. The molecule has 3 rings (SSSR count). The Bertz CT molecular complexity index is 727. The number of aromatic nitrogens is 2. The van der Waals surface area contributed by atoms with Gasteiger partial charge in [-0.1, -0.05) is 12.1 Å². The average molecular weight is 326 g/mol. The smallest absolute Gasteiger partial charge is 0.253 e. The minimum atomic E-state index is 0.116. The van der Waals surface area contributed by atoms with Gasteiger partial charge in [-0.25, -0.2) is 0 Å². The Labute approximate surface area is 143 Å². The van der Waals surface area contributed by atoms with Crippen molar-refractivity contribution in [3.8, 4) is 0 Å². The highest BCUT2D eigenvalue weighted by Crippen LogP contribution is 2.14. The lowest BCUT2D eigenvalue weighted by molar-refractivity contribution is 0.0673. The number of carbonyl (C=O) groups is 1. The van der Waals surface area contributed by atoms with Crippen molar-refractivity contribution in [1.82, 2.24) is 20.0 Å². The van der Waals surface area contributed by atoms with Crippen LogP contribution in [0.3, 0.4) is 0 Å². The van der Waals surface area contributed by atoms with Gasteiger partial charge in [0.25, 0.3) is 5.91 Å². The Morgan fingerprint density at radius 2 is 1.92 bits per heavy atom. The van der Waals surface area contributed by atoms with Gasteiger partial charge in [-0.3, -0.25) is 9.48 Å². The van der Waals surface area contributed by atoms with Crippen LogP contribution in [0.5, 0.6) is 0 Å². The summed E-state index contributed by atoms with van der Waals surface area (Å²) < 4.78 is 1.98. The number of benzene rings is 1. The second kappa shape index (κ2) is 6.77. The number of hydrogen-bond donors (Lipinski definition) is 1. The lowest BCUT2D eigenvalue weighted by Crippen LogP contribution is -2.55. The second-order valence-electron chi connectivity index (χ2n) is 6.96. The lowest BCUT2D eigenvalue weighted by Gasteiger charge is -2.36. The van der Waals surface area contributed by atoms with Gasteiger partial charge in [0.2, 0.25) is 0 Å². The molecular weight excluding hydrogens is 300 g/mol. The quantitative estimate of drug-likeness (QED) is 0.942. The molecule has 1 N–H and O–H groups in total. The lowest BCUT2D eigenvalue weighted by atomic mass is 10.1. The van der Waals surface area contributed by atoms with Gasteiger partial charge in [0.05, 0.1) is 12.2 Å². The molecule has 128 valence electrons. The summed E-state index contributed by atoms with van der Waals surface area (Å²) in [5.41, 5.74) is 4.01. The van der Waals surface area contributed by atoms with Gasteiger partial charge in [-0.2, -0.15) is 5.10 Å². The Morgan fingerprint density at radius 1 is 1.21 bits per heavy atom. The highest BCUT2D eigenvalue weighted by atomic mass is 16.2. The van der Waals surface area contributed by atoms with Crippen LogP contribution < -0.4 is 5.32 Å². The highest BCUT2D eigenvalue weighted by molar-refractivity contribution is 5.94. The molecule has 0 spiro atoms. The molecule has 1 aromatic heterocycles. The molecular formula is C19H26N4O. The first kappa shape index (κ1) is 16.7. The average Bonchev–Trinajstić information content (AvgIpc) is 2.83. The van der Waals surface area contributed by atoms with Gasteiger partial charge in [-0.05, 0) is 51.5 Å². The molecule has 24 heavy (non-hydrogen) atoms. The molecule has 2 atom stereocenters. The van der Waals surface area contributed by atoms with Crippen molar-refractivity contribution in [3.05, 3.63) is 52.8 Å². The minimum absolute atomic E-state index is 0.116. The molecule has 1 saturated heterocycles. The van der Waals surface area contributed by atoms with E-state index in [0.717, 1.165) is 35.6 Å². The fraction of sp³-hybridized carbons (Fsp3) is 0.474. The van der Waals surface area contributed by atoms with Crippen LogP contribution in [0, 0.1) is 13.8 Å².